The van der Waals surface area contributed by atoms with Gasteiger partial charge in [0.15, 0.2) is 0 Å². The summed E-state index contributed by atoms with van der Waals surface area (Å²) in [5.41, 5.74) is 0.0567. The first-order chi connectivity index (χ1) is 12.1. The molecule has 0 amide bonds. The van der Waals surface area contributed by atoms with Crippen molar-refractivity contribution in [3.8, 4) is 0 Å². The lowest BCUT2D eigenvalue weighted by molar-refractivity contribution is -0.0500. The summed E-state index contributed by atoms with van der Waals surface area (Å²) in [5, 5.41) is 0. The van der Waals surface area contributed by atoms with E-state index in [1.165, 1.54) is 44.9 Å². The molecular weight excluding hydrogens is 347 g/mol. The van der Waals surface area contributed by atoms with Crippen molar-refractivity contribution in [1.29, 1.82) is 0 Å². The molecule has 0 spiro atoms. The Morgan fingerprint density at radius 2 is 1.15 bits per heavy atom. The highest BCUT2D eigenvalue weighted by molar-refractivity contribution is 7.51. The molecule has 4 nitrogen and oxygen atoms in total. The maximum absolute atomic E-state index is 10.8. The van der Waals surface area contributed by atoms with Crippen LogP contribution in [0.15, 0.2) is 0 Å². The van der Waals surface area contributed by atoms with Gasteiger partial charge in [-0.2, -0.15) is 0 Å². The lowest BCUT2D eigenvalue weighted by atomic mass is 9.81. The number of hydrogen-bond acceptors (Lipinski definition) is 2. The molecule has 0 atom stereocenters. The zero-order chi connectivity index (χ0) is 20.1. The normalized spacial score (nSPS) is 13.1. The highest BCUT2D eigenvalue weighted by Crippen LogP contribution is 2.35. The van der Waals surface area contributed by atoms with Gasteiger partial charge in [-0.05, 0) is 37.5 Å². The largest absolute Gasteiger partial charge is 0.378 e. The Morgan fingerprint density at radius 3 is 1.50 bits per heavy atom. The SMILES string of the molecule is COC(CCCCCCCCCCCP(=O)(O)O)(CC(C)C)CC(C)C. The zero-order valence-electron chi connectivity index (χ0n) is 18.0. The Morgan fingerprint density at radius 1 is 0.769 bits per heavy atom. The second-order valence-corrected chi connectivity index (χ2v) is 10.7. The van der Waals surface area contributed by atoms with Crippen LogP contribution in [0.1, 0.15) is 105 Å². The van der Waals surface area contributed by atoms with Crippen LogP contribution in [0, 0.1) is 11.8 Å². The monoisotopic (exact) mass is 392 g/mol. The van der Waals surface area contributed by atoms with Crippen LogP contribution in [0.5, 0.6) is 0 Å². The maximum Gasteiger partial charge on any atom is 0.325 e. The van der Waals surface area contributed by atoms with Gasteiger partial charge < -0.3 is 14.5 Å². The first-order valence-corrected chi connectivity index (χ1v) is 12.5. The summed E-state index contributed by atoms with van der Waals surface area (Å²) >= 11 is 0. The van der Waals surface area contributed by atoms with Gasteiger partial charge >= 0.3 is 7.60 Å². The van der Waals surface area contributed by atoms with E-state index in [-0.39, 0.29) is 11.8 Å². The minimum atomic E-state index is -3.78. The fourth-order valence-electron chi connectivity index (χ4n) is 4.05. The number of hydrogen-bond donors (Lipinski definition) is 2. The van der Waals surface area contributed by atoms with Crippen molar-refractivity contribution < 1.29 is 19.1 Å². The van der Waals surface area contributed by atoms with E-state index < -0.39 is 7.60 Å². The van der Waals surface area contributed by atoms with E-state index in [2.05, 4.69) is 27.7 Å². The van der Waals surface area contributed by atoms with Gasteiger partial charge in [0, 0.05) is 13.3 Å². The van der Waals surface area contributed by atoms with Crippen LogP contribution < -0.4 is 0 Å². The zero-order valence-corrected chi connectivity index (χ0v) is 18.9. The molecule has 158 valence electrons. The van der Waals surface area contributed by atoms with E-state index in [1.54, 1.807) is 0 Å². The molecule has 2 N–H and O–H groups in total. The lowest BCUT2D eigenvalue weighted by Crippen LogP contribution is -2.34. The fourth-order valence-corrected chi connectivity index (χ4v) is 4.68. The highest BCUT2D eigenvalue weighted by atomic mass is 31.2. The van der Waals surface area contributed by atoms with Crippen LogP contribution in [0.3, 0.4) is 0 Å². The van der Waals surface area contributed by atoms with E-state index >= 15 is 0 Å². The Bertz CT molecular complexity index is 366. The van der Waals surface area contributed by atoms with E-state index in [0.717, 1.165) is 25.7 Å². The Kier molecular flexibility index (Phi) is 14.2. The van der Waals surface area contributed by atoms with Crippen molar-refractivity contribution in [3.05, 3.63) is 0 Å². The number of ether oxygens (including phenoxy) is 1. The molecule has 0 rings (SSSR count). The van der Waals surface area contributed by atoms with Crippen molar-refractivity contribution in [3.63, 3.8) is 0 Å². The van der Waals surface area contributed by atoms with Crippen LogP contribution in [-0.2, 0) is 9.30 Å². The molecule has 0 bridgehead atoms. The molecule has 0 aromatic rings. The van der Waals surface area contributed by atoms with Gasteiger partial charge in [-0.1, -0.05) is 79.1 Å². The predicted molar refractivity (Wildman–Crippen MR) is 112 cm³/mol. The number of methoxy groups -OCH3 is 1. The van der Waals surface area contributed by atoms with Crippen LogP contribution >= 0.6 is 7.60 Å². The summed E-state index contributed by atoms with van der Waals surface area (Å²) in [6, 6.07) is 0. The second kappa shape index (κ2) is 14.2. The average Bonchev–Trinajstić information content (AvgIpc) is 2.50. The Labute approximate surface area is 162 Å². The Hall–Kier alpha value is 0.110. The smallest absolute Gasteiger partial charge is 0.325 e. The minimum Gasteiger partial charge on any atom is -0.378 e. The van der Waals surface area contributed by atoms with Crippen molar-refractivity contribution in [2.45, 2.75) is 110 Å². The van der Waals surface area contributed by atoms with Gasteiger partial charge in [-0.15, -0.1) is 0 Å². The van der Waals surface area contributed by atoms with Crippen molar-refractivity contribution >= 4 is 7.60 Å². The molecule has 0 aliphatic heterocycles. The molecule has 0 aromatic carbocycles. The third-order valence-electron chi connectivity index (χ3n) is 5.08. The summed E-state index contributed by atoms with van der Waals surface area (Å²) in [6.45, 7) is 9.14. The molecule has 26 heavy (non-hydrogen) atoms. The van der Waals surface area contributed by atoms with Gasteiger partial charge in [0.1, 0.15) is 0 Å². The molecule has 0 unspecified atom stereocenters. The summed E-state index contributed by atoms with van der Waals surface area (Å²) in [6.07, 6.45) is 13.7. The van der Waals surface area contributed by atoms with E-state index in [9.17, 15) is 4.57 Å². The molecule has 0 radical (unpaired) electrons. The topological polar surface area (TPSA) is 66.8 Å². The Balaban J connectivity index is 3.80. The van der Waals surface area contributed by atoms with Gasteiger partial charge in [0.25, 0.3) is 0 Å². The van der Waals surface area contributed by atoms with Crippen molar-refractivity contribution in [2.75, 3.05) is 13.3 Å². The van der Waals surface area contributed by atoms with Crippen LogP contribution in [0.2, 0.25) is 0 Å². The predicted octanol–water partition coefficient (Wildman–Crippen LogP) is 6.54. The van der Waals surface area contributed by atoms with E-state index in [1.807, 2.05) is 7.11 Å². The molecular formula is C21H45O4P. The van der Waals surface area contributed by atoms with Crippen LogP contribution in [0.25, 0.3) is 0 Å². The molecule has 0 saturated heterocycles. The van der Waals surface area contributed by atoms with Gasteiger partial charge in [-0.3, -0.25) is 4.57 Å². The summed E-state index contributed by atoms with van der Waals surface area (Å²) < 4.78 is 16.8. The second-order valence-electron chi connectivity index (χ2n) is 8.90. The molecule has 0 fully saturated rings. The average molecular weight is 393 g/mol. The van der Waals surface area contributed by atoms with E-state index in [0.29, 0.717) is 18.3 Å². The van der Waals surface area contributed by atoms with Crippen LogP contribution in [-0.4, -0.2) is 28.7 Å². The standard InChI is InChI=1S/C21H45O4P/c1-19(2)17-21(25-5,18-20(3)4)15-13-11-9-7-6-8-10-12-14-16-26(22,23)24/h19-20H,6-18H2,1-5H3,(H2,22,23,24). The van der Waals surface area contributed by atoms with Gasteiger partial charge in [0.05, 0.1) is 5.60 Å². The first-order valence-electron chi connectivity index (χ1n) is 10.7. The first kappa shape index (κ1) is 26.1. The lowest BCUT2D eigenvalue weighted by Gasteiger charge is -2.36. The third-order valence-corrected chi connectivity index (χ3v) is 5.97. The van der Waals surface area contributed by atoms with Gasteiger partial charge in [-0.25, -0.2) is 0 Å². The molecule has 0 heterocycles. The molecule has 0 aromatic heterocycles. The van der Waals surface area contributed by atoms with Gasteiger partial charge in [0.2, 0.25) is 0 Å². The molecule has 5 heteroatoms. The van der Waals surface area contributed by atoms with Crippen molar-refractivity contribution in [1.82, 2.24) is 0 Å². The van der Waals surface area contributed by atoms with E-state index in [4.69, 9.17) is 14.5 Å². The van der Waals surface area contributed by atoms with Crippen LogP contribution in [0.4, 0.5) is 0 Å². The summed E-state index contributed by atoms with van der Waals surface area (Å²) in [4.78, 5) is 17.6. The molecule has 0 aliphatic carbocycles. The minimum absolute atomic E-state index is 0.0427. The number of rotatable bonds is 17. The summed E-state index contributed by atoms with van der Waals surface area (Å²) in [5.74, 6) is 1.33. The summed E-state index contributed by atoms with van der Waals surface area (Å²) in [7, 11) is -1.90. The van der Waals surface area contributed by atoms with Crippen molar-refractivity contribution in [2.24, 2.45) is 11.8 Å². The maximum atomic E-state index is 10.8. The third kappa shape index (κ3) is 15.2. The molecule has 0 saturated carbocycles. The number of unbranched alkanes of at least 4 members (excludes halogenated alkanes) is 8. The highest BCUT2D eigenvalue weighted by Gasteiger charge is 2.31. The quantitative estimate of drug-likeness (QED) is 0.218. The molecule has 0 aliphatic rings. The fraction of sp³-hybridized carbons (Fsp3) is 1.00.